The predicted octanol–water partition coefficient (Wildman–Crippen LogP) is 3.42. The number of thiazole rings is 1. The topological polar surface area (TPSA) is 42.1 Å². The van der Waals surface area contributed by atoms with E-state index in [-0.39, 0.29) is 6.04 Å². The monoisotopic (exact) mass is 265 g/mol. The van der Waals surface area contributed by atoms with Crippen molar-refractivity contribution in [2.45, 2.75) is 64.0 Å². The zero-order valence-electron chi connectivity index (χ0n) is 11.4. The van der Waals surface area contributed by atoms with Gasteiger partial charge < -0.3 is 10.6 Å². The summed E-state index contributed by atoms with van der Waals surface area (Å²) in [6, 6.07) is 0.768. The molecule has 0 radical (unpaired) electrons. The van der Waals surface area contributed by atoms with E-state index in [9.17, 15) is 0 Å². The van der Waals surface area contributed by atoms with Gasteiger partial charge in [0.15, 0.2) is 5.13 Å². The van der Waals surface area contributed by atoms with Crippen molar-refractivity contribution in [1.29, 1.82) is 0 Å². The molecule has 2 fully saturated rings. The van der Waals surface area contributed by atoms with E-state index in [2.05, 4.69) is 18.7 Å². The third kappa shape index (κ3) is 2.28. The molecule has 1 aliphatic heterocycles. The molecule has 1 aromatic rings. The molecular formula is C14H23N3S. The van der Waals surface area contributed by atoms with Crippen LogP contribution in [0.25, 0.3) is 0 Å². The highest BCUT2D eigenvalue weighted by Crippen LogP contribution is 2.46. The van der Waals surface area contributed by atoms with Gasteiger partial charge in [0.1, 0.15) is 0 Å². The largest absolute Gasteiger partial charge is 0.345 e. The van der Waals surface area contributed by atoms with Crippen LogP contribution in [0.4, 0.5) is 5.13 Å². The molecule has 0 spiro atoms. The Morgan fingerprint density at radius 1 is 1.33 bits per heavy atom. The van der Waals surface area contributed by atoms with E-state index in [0.29, 0.717) is 12.0 Å². The van der Waals surface area contributed by atoms with Crippen LogP contribution in [0.15, 0.2) is 0 Å². The van der Waals surface area contributed by atoms with Gasteiger partial charge in [-0.1, -0.05) is 11.3 Å². The van der Waals surface area contributed by atoms with Gasteiger partial charge in [0.05, 0.1) is 5.69 Å². The van der Waals surface area contributed by atoms with Gasteiger partial charge in [-0.25, -0.2) is 4.98 Å². The first-order valence-corrected chi connectivity index (χ1v) is 8.01. The lowest BCUT2D eigenvalue weighted by Gasteiger charge is -2.33. The highest BCUT2D eigenvalue weighted by Gasteiger charge is 2.32. The van der Waals surface area contributed by atoms with Crippen LogP contribution in [0.5, 0.6) is 0 Å². The second-order valence-corrected chi connectivity index (χ2v) is 6.86. The molecule has 3 rings (SSSR count). The standard InChI is InChI=1S/C14H23N3S/c1-9-5-3-4-8-17(9)14-16-12(11-6-7-11)13(18-14)10(2)15/h9-11H,3-8,15H2,1-2H3. The average molecular weight is 265 g/mol. The first-order chi connectivity index (χ1) is 8.66. The second kappa shape index (κ2) is 4.82. The lowest BCUT2D eigenvalue weighted by molar-refractivity contribution is 0.484. The summed E-state index contributed by atoms with van der Waals surface area (Å²) in [5, 5.41) is 1.22. The fourth-order valence-electron chi connectivity index (χ4n) is 2.81. The number of nitrogens with two attached hydrogens (primary N) is 1. The SMILES string of the molecule is CC(N)c1sc(N2CCCCC2C)nc1C1CC1. The van der Waals surface area contributed by atoms with Crippen LogP contribution in [0.1, 0.15) is 68.5 Å². The lowest BCUT2D eigenvalue weighted by atomic mass is 10.0. The normalized spacial score (nSPS) is 26.4. The highest BCUT2D eigenvalue weighted by molar-refractivity contribution is 7.15. The minimum atomic E-state index is 0.131. The summed E-state index contributed by atoms with van der Waals surface area (Å²) >= 11 is 1.84. The highest BCUT2D eigenvalue weighted by atomic mass is 32.1. The van der Waals surface area contributed by atoms with Gasteiger partial charge in [-0.05, 0) is 46.0 Å². The van der Waals surface area contributed by atoms with Gasteiger partial charge in [0, 0.05) is 29.4 Å². The quantitative estimate of drug-likeness (QED) is 0.910. The molecule has 100 valence electrons. The van der Waals surface area contributed by atoms with Crippen molar-refractivity contribution < 1.29 is 0 Å². The lowest BCUT2D eigenvalue weighted by Crippen LogP contribution is -2.37. The summed E-state index contributed by atoms with van der Waals surface area (Å²) in [6.45, 7) is 5.57. The zero-order valence-corrected chi connectivity index (χ0v) is 12.2. The molecule has 1 saturated heterocycles. The number of piperidine rings is 1. The summed E-state index contributed by atoms with van der Waals surface area (Å²) in [4.78, 5) is 8.75. The Bertz CT molecular complexity index is 403. The molecule has 18 heavy (non-hydrogen) atoms. The van der Waals surface area contributed by atoms with E-state index >= 15 is 0 Å². The fourth-order valence-corrected chi connectivity index (χ4v) is 4.04. The number of hydrogen-bond donors (Lipinski definition) is 1. The van der Waals surface area contributed by atoms with E-state index in [1.807, 2.05) is 11.3 Å². The molecule has 0 bridgehead atoms. The molecule has 3 nitrogen and oxygen atoms in total. The van der Waals surface area contributed by atoms with Crippen LogP contribution in [-0.2, 0) is 0 Å². The molecule has 2 unspecified atom stereocenters. The maximum absolute atomic E-state index is 6.11. The molecule has 1 aromatic heterocycles. The fraction of sp³-hybridized carbons (Fsp3) is 0.786. The predicted molar refractivity (Wildman–Crippen MR) is 77.4 cm³/mol. The number of rotatable bonds is 3. The van der Waals surface area contributed by atoms with Crippen LogP contribution >= 0.6 is 11.3 Å². The van der Waals surface area contributed by atoms with Gasteiger partial charge in [-0.2, -0.15) is 0 Å². The van der Waals surface area contributed by atoms with Crippen molar-refractivity contribution in [3.8, 4) is 0 Å². The van der Waals surface area contributed by atoms with Crippen LogP contribution in [-0.4, -0.2) is 17.6 Å². The molecule has 0 amide bonds. The number of hydrogen-bond acceptors (Lipinski definition) is 4. The Hall–Kier alpha value is -0.610. The zero-order chi connectivity index (χ0) is 12.7. The molecule has 2 heterocycles. The summed E-state index contributed by atoms with van der Waals surface area (Å²) in [7, 11) is 0. The molecule has 4 heteroatoms. The minimum Gasteiger partial charge on any atom is -0.345 e. The van der Waals surface area contributed by atoms with Gasteiger partial charge >= 0.3 is 0 Å². The molecule has 2 N–H and O–H groups in total. The Balaban J connectivity index is 1.89. The Morgan fingerprint density at radius 3 is 2.72 bits per heavy atom. The maximum Gasteiger partial charge on any atom is 0.186 e. The summed E-state index contributed by atoms with van der Waals surface area (Å²) in [6.07, 6.45) is 6.57. The van der Waals surface area contributed by atoms with Crippen molar-refractivity contribution in [3.63, 3.8) is 0 Å². The van der Waals surface area contributed by atoms with Gasteiger partial charge in [-0.15, -0.1) is 0 Å². The van der Waals surface area contributed by atoms with Crippen molar-refractivity contribution in [2.24, 2.45) is 5.73 Å². The number of aromatic nitrogens is 1. The summed E-state index contributed by atoms with van der Waals surface area (Å²) in [5.74, 6) is 0.705. The molecule has 2 aliphatic rings. The molecule has 0 aromatic carbocycles. The Kier molecular flexibility index (Phi) is 3.32. The number of nitrogens with zero attached hydrogens (tertiary/aromatic N) is 2. The van der Waals surface area contributed by atoms with Crippen LogP contribution in [0.3, 0.4) is 0 Å². The van der Waals surface area contributed by atoms with Crippen molar-refractivity contribution in [1.82, 2.24) is 4.98 Å². The van der Waals surface area contributed by atoms with E-state index in [4.69, 9.17) is 10.7 Å². The van der Waals surface area contributed by atoms with Crippen LogP contribution in [0, 0.1) is 0 Å². The smallest absolute Gasteiger partial charge is 0.186 e. The van der Waals surface area contributed by atoms with E-state index in [1.165, 1.54) is 47.8 Å². The van der Waals surface area contributed by atoms with E-state index in [0.717, 1.165) is 6.54 Å². The van der Waals surface area contributed by atoms with Crippen LogP contribution in [0.2, 0.25) is 0 Å². The Labute approximate surface area is 113 Å². The summed E-state index contributed by atoms with van der Waals surface area (Å²) < 4.78 is 0. The first kappa shape index (κ1) is 12.4. The van der Waals surface area contributed by atoms with Gasteiger partial charge in [0.2, 0.25) is 0 Å². The third-order valence-corrected chi connectivity index (χ3v) is 5.41. The van der Waals surface area contributed by atoms with Crippen molar-refractivity contribution in [2.75, 3.05) is 11.4 Å². The summed E-state index contributed by atoms with van der Waals surface area (Å²) in [5.41, 5.74) is 7.42. The van der Waals surface area contributed by atoms with E-state index in [1.54, 1.807) is 0 Å². The maximum atomic E-state index is 6.11. The van der Waals surface area contributed by atoms with E-state index < -0.39 is 0 Å². The van der Waals surface area contributed by atoms with Crippen molar-refractivity contribution in [3.05, 3.63) is 10.6 Å². The first-order valence-electron chi connectivity index (χ1n) is 7.19. The second-order valence-electron chi connectivity index (χ2n) is 5.85. The van der Waals surface area contributed by atoms with Crippen LogP contribution < -0.4 is 10.6 Å². The van der Waals surface area contributed by atoms with Gasteiger partial charge in [-0.3, -0.25) is 0 Å². The van der Waals surface area contributed by atoms with Gasteiger partial charge in [0.25, 0.3) is 0 Å². The number of anilines is 1. The van der Waals surface area contributed by atoms with Crippen molar-refractivity contribution >= 4 is 16.5 Å². The Morgan fingerprint density at radius 2 is 2.11 bits per heavy atom. The molecule has 1 aliphatic carbocycles. The molecular weight excluding hydrogens is 242 g/mol. The average Bonchev–Trinajstić information content (AvgIpc) is 3.09. The minimum absolute atomic E-state index is 0.131. The third-order valence-electron chi connectivity index (χ3n) is 4.10. The molecule has 1 saturated carbocycles. The molecule has 2 atom stereocenters.